The Morgan fingerprint density at radius 1 is 1.26 bits per heavy atom. The molecule has 2 heterocycles. The molecule has 0 radical (unpaired) electrons. The molecule has 3 atom stereocenters. The zero-order valence-corrected chi connectivity index (χ0v) is 18.3. The molecule has 0 aliphatic heterocycles. The molecule has 1 aromatic carbocycles. The topological polar surface area (TPSA) is 149 Å². The Kier molecular flexibility index (Phi) is 6.89. The standard InChI is InChI=1S/C19H25N6O5P/c1-13(9-25-11-23-16-17(20)21-10-22-18(16)25)29-12-31(28,24(3)14(2)19(26)27)30-15-7-5-4-6-8-15/h4-8,10-11,13-14H,9,12H2,1-3H3,(H,26,27)(H2,20,21,22)/p-1/t13-,14+,31?/m1/s1. The molecule has 3 rings (SSSR count). The minimum Gasteiger partial charge on any atom is -0.548 e. The lowest BCUT2D eigenvalue weighted by Crippen LogP contribution is -2.44. The van der Waals surface area contributed by atoms with E-state index in [1.165, 1.54) is 20.3 Å². The minimum absolute atomic E-state index is 0.274. The van der Waals surface area contributed by atoms with Crippen LogP contribution in [0.2, 0.25) is 0 Å². The molecule has 0 saturated carbocycles. The quantitative estimate of drug-likeness (QED) is 0.448. The summed E-state index contributed by atoms with van der Waals surface area (Å²) >= 11 is 0. The number of anilines is 1. The van der Waals surface area contributed by atoms with Gasteiger partial charge < -0.3 is 29.5 Å². The average Bonchev–Trinajstić information content (AvgIpc) is 3.16. The Balaban J connectivity index is 1.75. The van der Waals surface area contributed by atoms with E-state index >= 15 is 0 Å². The van der Waals surface area contributed by atoms with Gasteiger partial charge in [-0.25, -0.2) is 19.6 Å². The van der Waals surface area contributed by atoms with E-state index in [4.69, 9.17) is 15.0 Å². The van der Waals surface area contributed by atoms with Crippen LogP contribution in [0.4, 0.5) is 5.82 Å². The number of carboxylic acids is 1. The zero-order valence-electron chi connectivity index (χ0n) is 17.4. The third-order valence-corrected chi connectivity index (χ3v) is 7.06. The molecule has 0 spiro atoms. The second kappa shape index (κ2) is 9.42. The normalized spacial score (nSPS) is 15.5. The van der Waals surface area contributed by atoms with Crippen LogP contribution in [0.15, 0.2) is 43.0 Å². The molecule has 2 N–H and O–H groups in total. The SMILES string of the molecule is C[C@H](Cn1cnc2c(N)ncnc21)OCP(=O)(Oc1ccccc1)N(C)[C@@H](C)C(=O)[O-]. The van der Waals surface area contributed by atoms with Gasteiger partial charge in [-0.05, 0) is 33.0 Å². The summed E-state index contributed by atoms with van der Waals surface area (Å²) in [5, 5.41) is 11.3. The third-order valence-electron chi connectivity index (χ3n) is 4.78. The fraction of sp³-hybridized carbons (Fsp3) is 0.368. The maximum Gasteiger partial charge on any atom is 0.344 e. The van der Waals surface area contributed by atoms with Crippen molar-refractivity contribution in [3.8, 4) is 5.75 Å². The van der Waals surface area contributed by atoms with E-state index in [0.717, 1.165) is 4.67 Å². The highest BCUT2D eigenvalue weighted by Crippen LogP contribution is 2.51. The second-order valence-electron chi connectivity index (χ2n) is 7.04. The van der Waals surface area contributed by atoms with Crippen molar-refractivity contribution in [1.29, 1.82) is 0 Å². The van der Waals surface area contributed by atoms with Crippen molar-refractivity contribution in [3.05, 3.63) is 43.0 Å². The number of benzene rings is 1. The number of nitrogen functional groups attached to an aromatic ring is 1. The smallest absolute Gasteiger partial charge is 0.344 e. The molecule has 0 bridgehead atoms. The first-order chi connectivity index (χ1) is 14.7. The van der Waals surface area contributed by atoms with E-state index in [0.29, 0.717) is 23.5 Å². The lowest BCUT2D eigenvalue weighted by Gasteiger charge is -2.33. The largest absolute Gasteiger partial charge is 0.548 e. The molecular formula is C19H24N6O5P-. The third kappa shape index (κ3) is 5.19. The van der Waals surface area contributed by atoms with Crippen molar-refractivity contribution in [3.63, 3.8) is 0 Å². The van der Waals surface area contributed by atoms with Gasteiger partial charge in [-0.2, -0.15) is 0 Å². The summed E-state index contributed by atoms with van der Waals surface area (Å²) in [7, 11) is -2.32. The first-order valence-electron chi connectivity index (χ1n) is 9.52. The molecule has 3 aromatic rings. The molecule has 0 fully saturated rings. The Morgan fingerprint density at radius 3 is 2.65 bits per heavy atom. The molecule has 11 nitrogen and oxygen atoms in total. The van der Waals surface area contributed by atoms with Crippen LogP contribution >= 0.6 is 7.52 Å². The highest BCUT2D eigenvalue weighted by molar-refractivity contribution is 7.56. The van der Waals surface area contributed by atoms with Gasteiger partial charge in [0.25, 0.3) is 0 Å². The van der Waals surface area contributed by atoms with Crippen LogP contribution in [-0.2, 0) is 20.6 Å². The van der Waals surface area contributed by atoms with Gasteiger partial charge in [0.2, 0.25) is 0 Å². The highest BCUT2D eigenvalue weighted by atomic mass is 31.2. The predicted molar refractivity (Wildman–Crippen MR) is 112 cm³/mol. The number of nitrogens with zero attached hydrogens (tertiary/aromatic N) is 5. The fourth-order valence-electron chi connectivity index (χ4n) is 2.83. The number of carbonyl (C=O) groups excluding carboxylic acids is 1. The summed E-state index contributed by atoms with van der Waals surface area (Å²) in [5.74, 6) is -0.752. The Labute approximate surface area is 179 Å². The van der Waals surface area contributed by atoms with E-state index < -0.39 is 25.6 Å². The van der Waals surface area contributed by atoms with Crippen LogP contribution in [0.25, 0.3) is 11.2 Å². The number of hydrogen-bond donors (Lipinski definition) is 1. The van der Waals surface area contributed by atoms with Gasteiger partial charge in [-0.1, -0.05) is 18.2 Å². The maximum absolute atomic E-state index is 13.6. The summed E-state index contributed by atoms with van der Waals surface area (Å²) in [6.07, 6.45) is 2.16. The molecule has 0 amide bonds. The number of fused-ring (bicyclic) bond motifs is 1. The van der Waals surface area contributed by atoms with Crippen LogP contribution in [-0.4, -0.2) is 55.7 Å². The minimum atomic E-state index is -3.72. The molecule has 31 heavy (non-hydrogen) atoms. The Bertz CT molecular complexity index is 1090. The molecular weight excluding hydrogens is 423 g/mol. The monoisotopic (exact) mass is 447 g/mol. The number of ether oxygens (including phenoxy) is 1. The van der Waals surface area contributed by atoms with Crippen molar-refractivity contribution in [1.82, 2.24) is 24.2 Å². The molecule has 166 valence electrons. The fourth-order valence-corrected chi connectivity index (χ4v) is 4.71. The number of imidazole rings is 1. The number of para-hydroxylation sites is 1. The molecule has 12 heteroatoms. The summed E-state index contributed by atoms with van der Waals surface area (Å²) in [4.78, 5) is 23.6. The predicted octanol–water partition coefficient (Wildman–Crippen LogP) is 1.11. The number of carboxylic acid groups (broad SMARTS) is 1. The van der Waals surface area contributed by atoms with Crippen LogP contribution < -0.4 is 15.4 Å². The van der Waals surface area contributed by atoms with Gasteiger partial charge in [0, 0.05) is 0 Å². The first-order valence-corrected chi connectivity index (χ1v) is 11.3. The van der Waals surface area contributed by atoms with Crippen molar-refractivity contribution in [2.75, 3.05) is 19.1 Å². The van der Waals surface area contributed by atoms with Crippen LogP contribution in [0.3, 0.4) is 0 Å². The van der Waals surface area contributed by atoms with E-state index in [2.05, 4.69) is 15.0 Å². The number of rotatable bonds is 10. The molecule has 1 unspecified atom stereocenters. The summed E-state index contributed by atoms with van der Waals surface area (Å²) in [6, 6.07) is 7.36. The Hall–Kier alpha value is -3.01. The number of carbonyl (C=O) groups is 1. The number of likely N-dealkylation sites (N-methyl/N-ethyl adjacent to an activating group) is 1. The van der Waals surface area contributed by atoms with Crippen molar-refractivity contribution in [2.24, 2.45) is 0 Å². The molecule has 0 aliphatic rings. The summed E-state index contributed by atoms with van der Waals surface area (Å²) < 4.78 is 28.0. The molecule has 2 aromatic heterocycles. The highest BCUT2D eigenvalue weighted by Gasteiger charge is 2.35. The van der Waals surface area contributed by atoms with E-state index in [1.807, 2.05) is 0 Å². The maximum atomic E-state index is 13.6. The van der Waals surface area contributed by atoms with Gasteiger partial charge in [-0.3, -0.25) is 4.57 Å². The van der Waals surface area contributed by atoms with Gasteiger partial charge in [0.1, 0.15) is 23.9 Å². The van der Waals surface area contributed by atoms with E-state index in [9.17, 15) is 14.5 Å². The lowest BCUT2D eigenvalue weighted by atomic mass is 10.3. The van der Waals surface area contributed by atoms with E-state index in [1.54, 1.807) is 48.1 Å². The van der Waals surface area contributed by atoms with Crippen LogP contribution in [0, 0.1) is 0 Å². The van der Waals surface area contributed by atoms with Crippen molar-refractivity contribution >= 4 is 30.5 Å². The van der Waals surface area contributed by atoms with Gasteiger partial charge in [0.05, 0.1) is 31.0 Å². The van der Waals surface area contributed by atoms with Crippen LogP contribution in [0.5, 0.6) is 5.75 Å². The number of nitrogens with two attached hydrogens (primary N) is 1. The van der Waals surface area contributed by atoms with Gasteiger partial charge >= 0.3 is 7.52 Å². The number of hydrogen-bond acceptors (Lipinski definition) is 9. The second-order valence-corrected chi connectivity index (χ2v) is 9.39. The first kappa shape index (κ1) is 22.7. The lowest BCUT2D eigenvalue weighted by molar-refractivity contribution is -0.309. The number of aliphatic carboxylic acids is 1. The van der Waals surface area contributed by atoms with Crippen molar-refractivity contribution < 1.29 is 23.7 Å². The Morgan fingerprint density at radius 2 is 1.97 bits per heavy atom. The van der Waals surface area contributed by atoms with Gasteiger partial charge in [0.15, 0.2) is 11.5 Å². The van der Waals surface area contributed by atoms with Crippen molar-refractivity contribution in [2.45, 2.75) is 32.5 Å². The number of aromatic nitrogens is 4. The van der Waals surface area contributed by atoms with Gasteiger partial charge in [-0.15, -0.1) is 0 Å². The van der Waals surface area contributed by atoms with E-state index in [-0.39, 0.29) is 12.2 Å². The van der Waals surface area contributed by atoms with Crippen LogP contribution in [0.1, 0.15) is 13.8 Å². The molecule has 0 aliphatic carbocycles. The summed E-state index contributed by atoms with van der Waals surface area (Å²) in [6.45, 7) is 3.50. The zero-order chi connectivity index (χ0) is 22.6. The average molecular weight is 447 g/mol. The summed E-state index contributed by atoms with van der Waals surface area (Å²) in [5.41, 5.74) is 6.84. The molecule has 0 saturated heterocycles.